The van der Waals surface area contributed by atoms with Crippen molar-refractivity contribution in [1.82, 2.24) is 10.3 Å². The monoisotopic (exact) mass is 319 g/mol. The van der Waals surface area contributed by atoms with Crippen LogP contribution in [-0.2, 0) is 9.63 Å². The SMILES string of the molecule is CCN=C(C)/C(C)=N/Oc1cccnc1/C(=N\OC)C(=O)NC. The predicted molar refractivity (Wildman–Crippen MR) is 89.2 cm³/mol. The van der Waals surface area contributed by atoms with E-state index in [2.05, 4.69) is 25.6 Å². The number of carbonyl (C=O) groups excluding carboxylic acids is 1. The Morgan fingerprint density at radius 3 is 2.65 bits per heavy atom. The molecular formula is C15H21N5O3. The average molecular weight is 319 g/mol. The molecule has 8 nitrogen and oxygen atoms in total. The first kappa shape index (κ1) is 18.3. The van der Waals surface area contributed by atoms with E-state index in [-0.39, 0.29) is 17.2 Å². The number of carbonyl (C=O) groups is 1. The Balaban J connectivity index is 3.15. The molecule has 1 heterocycles. The van der Waals surface area contributed by atoms with Crippen molar-refractivity contribution in [1.29, 1.82) is 0 Å². The van der Waals surface area contributed by atoms with Gasteiger partial charge in [-0.2, -0.15) is 0 Å². The molecule has 1 aromatic rings. The lowest BCUT2D eigenvalue weighted by molar-refractivity contribution is -0.114. The van der Waals surface area contributed by atoms with Crippen LogP contribution in [0.3, 0.4) is 0 Å². The van der Waals surface area contributed by atoms with Crippen molar-refractivity contribution in [3.8, 4) is 5.75 Å². The number of hydrogen-bond donors (Lipinski definition) is 1. The van der Waals surface area contributed by atoms with Crippen molar-refractivity contribution in [3.63, 3.8) is 0 Å². The van der Waals surface area contributed by atoms with Gasteiger partial charge in [-0.1, -0.05) is 10.3 Å². The normalized spacial score (nSPS) is 12.8. The topological polar surface area (TPSA) is 97.5 Å². The molecule has 23 heavy (non-hydrogen) atoms. The molecule has 0 fully saturated rings. The van der Waals surface area contributed by atoms with Crippen LogP contribution >= 0.6 is 0 Å². The maximum Gasteiger partial charge on any atom is 0.275 e. The number of oxime groups is 2. The number of aliphatic imine (C=N–C) groups is 1. The first-order chi connectivity index (χ1) is 11.0. The largest absolute Gasteiger partial charge is 0.398 e. The molecule has 0 radical (unpaired) electrons. The molecule has 1 aromatic heterocycles. The summed E-state index contributed by atoms with van der Waals surface area (Å²) in [4.78, 5) is 30.4. The van der Waals surface area contributed by atoms with Crippen LogP contribution in [0.15, 0.2) is 33.6 Å². The van der Waals surface area contributed by atoms with Crippen LogP contribution in [0, 0.1) is 0 Å². The molecule has 0 aromatic carbocycles. The van der Waals surface area contributed by atoms with Crippen molar-refractivity contribution in [2.24, 2.45) is 15.3 Å². The average Bonchev–Trinajstić information content (AvgIpc) is 2.57. The second-order valence-electron chi connectivity index (χ2n) is 4.38. The number of likely N-dealkylation sites (N-methyl/N-ethyl adjacent to an activating group) is 1. The third-order valence-corrected chi connectivity index (χ3v) is 2.82. The summed E-state index contributed by atoms with van der Waals surface area (Å²) < 4.78 is 0. The standard InChI is InChI=1S/C15H21N5O3/c1-6-17-10(2)11(3)19-23-12-8-7-9-18-13(12)14(20-22-5)15(21)16-4/h7-9H,6H2,1-5H3,(H,16,21)/b17-10?,19-11+,20-14+. The van der Waals surface area contributed by atoms with Crippen LogP contribution in [0.1, 0.15) is 26.5 Å². The molecule has 8 heteroatoms. The lowest BCUT2D eigenvalue weighted by atomic mass is 10.2. The van der Waals surface area contributed by atoms with Gasteiger partial charge in [-0.15, -0.1) is 0 Å². The first-order valence-corrected chi connectivity index (χ1v) is 7.06. The van der Waals surface area contributed by atoms with Gasteiger partial charge in [0.15, 0.2) is 11.5 Å². The highest BCUT2D eigenvalue weighted by molar-refractivity contribution is 6.45. The highest BCUT2D eigenvalue weighted by atomic mass is 16.6. The third-order valence-electron chi connectivity index (χ3n) is 2.82. The van der Waals surface area contributed by atoms with E-state index in [1.165, 1.54) is 20.4 Å². The van der Waals surface area contributed by atoms with E-state index in [1.54, 1.807) is 19.1 Å². The summed E-state index contributed by atoms with van der Waals surface area (Å²) in [7, 11) is 2.84. The number of aromatic nitrogens is 1. The molecule has 0 aliphatic heterocycles. The first-order valence-electron chi connectivity index (χ1n) is 7.06. The summed E-state index contributed by atoms with van der Waals surface area (Å²) in [6, 6.07) is 3.31. The van der Waals surface area contributed by atoms with Crippen LogP contribution in [-0.4, -0.2) is 48.7 Å². The van der Waals surface area contributed by atoms with Crippen molar-refractivity contribution in [2.75, 3.05) is 20.7 Å². The summed E-state index contributed by atoms with van der Waals surface area (Å²) in [6.07, 6.45) is 1.52. The fraction of sp³-hybridized carbons (Fsp3) is 0.400. The van der Waals surface area contributed by atoms with Gasteiger partial charge >= 0.3 is 0 Å². The van der Waals surface area contributed by atoms with Gasteiger partial charge < -0.3 is 15.0 Å². The second kappa shape index (κ2) is 9.29. The van der Waals surface area contributed by atoms with E-state index in [0.29, 0.717) is 12.3 Å². The molecule has 1 amide bonds. The number of nitrogens with one attached hydrogen (secondary N) is 1. The maximum atomic E-state index is 11.9. The number of nitrogens with zero attached hydrogens (tertiary/aromatic N) is 4. The smallest absolute Gasteiger partial charge is 0.275 e. The van der Waals surface area contributed by atoms with Gasteiger partial charge in [-0.25, -0.2) is 0 Å². The molecule has 0 spiro atoms. The lowest BCUT2D eigenvalue weighted by Crippen LogP contribution is -2.29. The minimum atomic E-state index is -0.445. The fourth-order valence-corrected chi connectivity index (χ4v) is 1.58. The number of hydrogen-bond acceptors (Lipinski definition) is 7. The number of pyridine rings is 1. The molecule has 0 saturated heterocycles. The molecule has 0 unspecified atom stereocenters. The minimum Gasteiger partial charge on any atom is -0.398 e. The van der Waals surface area contributed by atoms with Crippen LogP contribution in [0.5, 0.6) is 5.75 Å². The lowest BCUT2D eigenvalue weighted by Gasteiger charge is -2.08. The van der Waals surface area contributed by atoms with Gasteiger partial charge in [0.05, 0.1) is 11.4 Å². The third kappa shape index (κ3) is 5.17. The Hall–Kier alpha value is -2.77. The molecule has 0 saturated carbocycles. The summed E-state index contributed by atoms with van der Waals surface area (Å²) in [5.41, 5.74) is 1.63. The Kier molecular flexibility index (Phi) is 7.38. The highest BCUT2D eigenvalue weighted by Gasteiger charge is 2.20. The molecule has 1 rings (SSSR count). The summed E-state index contributed by atoms with van der Waals surface area (Å²) in [6.45, 7) is 6.23. The van der Waals surface area contributed by atoms with Crippen molar-refractivity contribution < 1.29 is 14.5 Å². The Labute approximate surface area is 135 Å². The molecule has 0 aliphatic carbocycles. The van der Waals surface area contributed by atoms with Crippen LogP contribution in [0.25, 0.3) is 0 Å². The van der Waals surface area contributed by atoms with Crippen molar-refractivity contribution in [2.45, 2.75) is 20.8 Å². The predicted octanol–water partition coefficient (Wildman–Crippen LogP) is 1.41. The summed E-state index contributed by atoms with van der Waals surface area (Å²) in [5, 5.41) is 10.2. The van der Waals surface area contributed by atoms with E-state index >= 15 is 0 Å². The molecule has 0 aliphatic rings. The van der Waals surface area contributed by atoms with E-state index in [9.17, 15) is 4.79 Å². The van der Waals surface area contributed by atoms with Crippen molar-refractivity contribution >= 4 is 23.0 Å². The van der Waals surface area contributed by atoms with E-state index < -0.39 is 5.91 Å². The molecule has 0 bridgehead atoms. The summed E-state index contributed by atoms with van der Waals surface area (Å²) in [5.74, 6) is -0.157. The number of amides is 1. The Morgan fingerprint density at radius 1 is 1.30 bits per heavy atom. The zero-order chi connectivity index (χ0) is 17.2. The zero-order valence-electron chi connectivity index (χ0n) is 14.0. The maximum absolute atomic E-state index is 11.9. The quantitative estimate of drug-likeness (QED) is 0.607. The van der Waals surface area contributed by atoms with Gasteiger partial charge in [0.25, 0.3) is 5.91 Å². The highest BCUT2D eigenvalue weighted by Crippen LogP contribution is 2.17. The minimum absolute atomic E-state index is 0.00241. The van der Waals surface area contributed by atoms with E-state index in [0.717, 1.165) is 5.71 Å². The Bertz CT molecular complexity index is 638. The molecular weight excluding hydrogens is 298 g/mol. The van der Waals surface area contributed by atoms with Gasteiger partial charge in [-0.3, -0.25) is 14.8 Å². The fourth-order valence-electron chi connectivity index (χ4n) is 1.58. The zero-order valence-corrected chi connectivity index (χ0v) is 14.0. The number of rotatable bonds is 7. The van der Waals surface area contributed by atoms with Gasteiger partial charge in [0.1, 0.15) is 12.8 Å². The van der Waals surface area contributed by atoms with Crippen LogP contribution in [0.4, 0.5) is 0 Å². The molecule has 124 valence electrons. The van der Waals surface area contributed by atoms with Gasteiger partial charge in [0.2, 0.25) is 0 Å². The van der Waals surface area contributed by atoms with E-state index in [1.807, 2.05) is 13.8 Å². The van der Waals surface area contributed by atoms with Gasteiger partial charge in [-0.05, 0) is 32.9 Å². The molecule has 1 N–H and O–H groups in total. The molecule has 0 atom stereocenters. The second-order valence-corrected chi connectivity index (χ2v) is 4.38. The van der Waals surface area contributed by atoms with Crippen molar-refractivity contribution in [3.05, 3.63) is 24.0 Å². The van der Waals surface area contributed by atoms with Gasteiger partial charge in [0, 0.05) is 19.8 Å². The summed E-state index contributed by atoms with van der Waals surface area (Å²) >= 11 is 0. The van der Waals surface area contributed by atoms with Crippen LogP contribution < -0.4 is 10.2 Å². The Morgan fingerprint density at radius 2 is 2.04 bits per heavy atom. The van der Waals surface area contributed by atoms with E-state index in [4.69, 9.17) is 9.68 Å². The van der Waals surface area contributed by atoms with Crippen LogP contribution in [0.2, 0.25) is 0 Å².